The Bertz CT molecular complexity index is 810. The third kappa shape index (κ3) is 3.60. The Kier molecular flexibility index (Phi) is 5.16. The van der Waals surface area contributed by atoms with Crippen LogP contribution in [0.4, 0.5) is 5.69 Å². The van der Waals surface area contributed by atoms with Crippen molar-refractivity contribution in [1.82, 2.24) is 4.98 Å². The quantitative estimate of drug-likeness (QED) is 0.767. The summed E-state index contributed by atoms with van der Waals surface area (Å²) in [6.45, 7) is 2.62. The minimum Gasteiger partial charge on any atom is -0.475 e. The van der Waals surface area contributed by atoms with Crippen LogP contribution in [0.3, 0.4) is 0 Å². The number of amides is 1. The highest BCUT2D eigenvalue weighted by atomic mass is 79.9. The molecule has 1 atom stereocenters. The molecule has 24 heavy (non-hydrogen) atoms. The van der Waals surface area contributed by atoms with Crippen LogP contribution in [-0.2, 0) is 4.74 Å². The summed E-state index contributed by atoms with van der Waals surface area (Å²) in [6, 6.07) is 8.95. The van der Waals surface area contributed by atoms with Gasteiger partial charge in [0.15, 0.2) is 0 Å². The summed E-state index contributed by atoms with van der Waals surface area (Å²) in [6.07, 6.45) is 2.45. The van der Waals surface area contributed by atoms with E-state index in [0.29, 0.717) is 23.8 Å². The molecule has 1 aliphatic rings. The van der Waals surface area contributed by atoms with Gasteiger partial charge in [-0.05, 0) is 36.8 Å². The maximum Gasteiger partial charge on any atom is 0.258 e. The number of hydrogen-bond donors (Lipinski definition) is 1. The summed E-state index contributed by atoms with van der Waals surface area (Å²) in [5.41, 5.74) is 1.65. The second-order valence-electron chi connectivity index (χ2n) is 5.29. The maximum atomic E-state index is 12.5. The number of aromatic nitrogens is 1. The Morgan fingerprint density at radius 2 is 2.29 bits per heavy atom. The second kappa shape index (κ2) is 7.32. The lowest BCUT2D eigenvalue weighted by Gasteiger charge is -2.12. The topological polar surface area (TPSA) is 63.6 Å². The predicted molar refractivity (Wildman–Crippen MR) is 97.9 cm³/mol. The van der Waals surface area contributed by atoms with Crippen LogP contribution in [0.2, 0.25) is 5.15 Å². The van der Waals surface area contributed by atoms with Crippen LogP contribution in [0.15, 0.2) is 46.0 Å². The van der Waals surface area contributed by atoms with Gasteiger partial charge in [-0.25, -0.2) is 9.98 Å². The number of hydrogen-bond acceptors (Lipinski definition) is 4. The number of carbonyl (C=O) groups is 1. The average Bonchev–Trinajstić information content (AvgIpc) is 3.05. The van der Waals surface area contributed by atoms with E-state index in [-0.39, 0.29) is 17.1 Å². The fourth-order valence-electron chi connectivity index (χ4n) is 2.32. The molecule has 0 aliphatic carbocycles. The van der Waals surface area contributed by atoms with E-state index in [0.717, 1.165) is 16.5 Å². The van der Waals surface area contributed by atoms with Gasteiger partial charge in [0.1, 0.15) is 11.8 Å². The summed E-state index contributed by atoms with van der Waals surface area (Å²) in [5.74, 6) is 0.207. The Morgan fingerprint density at radius 3 is 3.00 bits per heavy atom. The van der Waals surface area contributed by atoms with Gasteiger partial charge in [-0.1, -0.05) is 34.5 Å². The fraction of sp³-hybridized carbons (Fsp3) is 0.235. The van der Waals surface area contributed by atoms with E-state index in [1.165, 1.54) is 6.20 Å². The molecule has 2 heterocycles. The van der Waals surface area contributed by atoms with Gasteiger partial charge < -0.3 is 10.1 Å². The van der Waals surface area contributed by atoms with Gasteiger partial charge in [0.05, 0.1) is 22.9 Å². The number of carbonyl (C=O) groups excluding carboxylic acids is 1. The minimum absolute atomic E-state index is 0.148. The lowest BCUT2D eigenvalue weighted by atomic mass is 10.1. The molecule has 1 aromatic carbocycles. The number of rotatable bonds is 4. The lowest BCUT2D eigenvalue weighted by molar-refractivity contribution is 0.102. The molecule has 3 rings (SSSR count). The van der Waals surface area contributed by atoms with Gasteiger partial charge in [-0.3, -0.25) is 4.79 Å². The van der Waals surface area contributed by atoms with Crippen molar-refractivity contribution in [2.45, 2.75) is 19.4 Å². The fourth-order valence-corrected chi connectivity index (χ4v) is 2.89. The van der Waals surface area contributed by atoms with Gasteiger partial charge in [0.2, 0.25) is 5.90 Å². The van der Waals surface area contributed by atoms with Gasteiger partial charge in [0.25, 0.3) is 5.91 Å². The van der Waals surface area contributed by atoms with Crippen LogP contribution in [-0.4, -0.2) is 29.4 Å². The number of ether oxygens (including phenoxy) is 1. The summed E-state index contributed by atoms with van der Waals surface area (Å²) < 4.78 is 6.56. The lowest BCUT2D eigenvalue weighted by Crippen LogP contribution is -2.16. The van der Waals surface area contributed by atoms with Crippen LogP contribution in [0.25, 0.3) is 0 Å². The molecule has 0 radical (unpaired) electrons. The minimum atomic E-state index is -0.331. The molecule has 1 aromatic heterocycles. The van der Waals surface area contributed by atoms with E-state index in [4.69, 9.17) is 16.3 Å². The zero-order valence-corrected chi connectivity index (χ0v) is 15.3. The molecule has 0 bridgehead atoms. The molecule has 1 amide bonds. The molecule has 5 nitrogen and oxygen atoms in total. The molecule has 124 valence electrons. The molecule has 0 fully saturated rings. The molecule has 0 saturated heterocycles. The summed E-state index contributed by atoms with van der Waals surface area (Å²) in [5, 5.41) is 3.02. The van der Waals surface area contributed by atoms with E-state index in [2.05, 4.69) is 38.1 Å². The number of benzene rings is 1. The van der Waals surface area contributed by atoms with Crippen LogP contribution in [0, 0.1) is 0 Å². The molecule has 1 aliphatic heterocycles. The Labute approximate surface area is 153 Å². The van der Waals surface area contributed by atoms with Crippen molar-refractivity contribution < 1.29 is 9.53 Å². The Hall–Kier alpha value is -1.92. The number of anilines is 1. The van der Waals surface area contributed by atoms with Crippen molar-refractivity contribution in [3.05, 3.63) is 57.3 Å². The smallest absolute Gasteiger partial charge is 0.258 e. The van der Waals surface area contributed by atoms with Gasteiger partial charge >= 0.3 is 0 Å². The Balaban J connectivity index is 1.92. The number of nitrogens with zero attached hydrogens (tertiary/aromatic N) is 2. The van der Waals surface area contributed by atoms with E-state index >= 15 is 0 Å². The first-order chi connectivity index (χ1) is 11.6. The highest BCUT2D eigenvalue weighted by Gasteiger charge is 2.22. The molecule has 2 aromatic rings. The molecule has 1 N–H and O–H groups in total. The van der Waals surface area contributed by atoms with E-state index in [9.17, 15) is 4.79 Å². The van der Waals surface area contributed by atoms with Crippen molar-refractivity contribution in [2.75, 3.05) is 11.9 Å². The van der Waals surface area contributed by atoms with Crippen LogP contribution < -0.4 is 5.32 Å². The predicted octanol–water partition coefficient (Wildman–Crippen LogP) is 4.31. The maximum absolute atomic E-state index is 12.5. The van der Waals surface area contributed by atoms with Gasteiger partial charge in [-0.2, -0.15) is 0 Å². The average molecular weight is 409 g/mol. The summed E-state index contributed by atoms with van der Waals surface area (Å²) in [7, 11) is 0. The Morgan fingerprint density at radius 1 is 1.46 bits per heavy atom. The SMILES string of the molecule is CC[C@@H]1COC(c2cc(Br)ccc2NC(=O)c2cccnc2Cl)=N1. The van der Waals surface area contributed by atoms with E-state index in [1.807, 2.05) is 12.1 Å². The third-order valence-electron chi connectivity index (χ3n) is 3.65. The van der Waals surface area contributed by atoms with Crippen LogP contribution in [0.1, 0.15) is 29.3 Å². The highest BCUT2D eigenvalue weighted by Crippen LogP contribution is 2.26. The van der Waals surface area contributed by atoms with Crippen molar-refractivity contribution in [3.63, 3.8) is 0 Å². The summed E-state index contributed by atoms with van der Waals surface area (Å²) >= 11 is 9.43. The summed E-state index contributed by atoms with van der Waals surface area (Å²) in [4.78, 5) is 21.0. The second-order valence-corrected chi connectivity index (χ2v) is 6.57. The molecular weight excluding hydrogens is 394 g/mol. The number of aliphatic imine (C=N–C) groups is 1. The normalized spacial score (nSPS) is 16.5. The van der Waals surface area contributed by atoms with Crippen LogP contribution >= 0.6 is 27.5 Å². The molecular formula is C17H15BrClN3O2. The first kappa shape index (κ1) is 16.9. The monoisotopic (exact) mass is 407 g/mol. The van der Waals surface area contributed by atoms with E-state index in [1.54, 1.807) is 18.2 Å². The molecule has 0 unspecified atom stereocenters. The number of pyridine rings is 1. The number of nitrogens with one attached hydrogen (secondary N) is 1. The molecule has 0 spiro atoms. The highest BCUT2D eigenvalue weighted by molar-refractivity contribution is 9.10. The number of halogens is 2. The van der Waals surface area contributed by atoms with Crippen molar-refractivity contribution >= 4 is 45.0 Å². The molecule has 0 saturated carbocycles. The van der Waals surface area contributed by atoms with E-state index < -0.39 is 0 Å². The first-order valence-electron chi connectivity index (χ1n) is 7.51. The third-order valence-corrected chi connectivity index (χ3v) is 4.44. The first-order valence-corrected chi connectivity index (χ1v) is 8.68. The van der Waals surface area contributed by atoms with Crippen molar-refractivity contribution in [2.24, 2.45) is 4.99 Å². The van der Waals surface area contributed by atoms with Gasteiger partial charge in [0, 0.05) is 10.7 Å². The zero-order chi connectivity index (χ0) is 17.1. The van der Waals surface area contributed by atoms with Crippen LogP contribution in [0.5, 0.6) is 0 Å². The van der Waals surface area contributed by atoms with Gasteiger partial charge in [-0.15, -0.1) is 0 Å². The largest absolute Gasteiger partial charge is 0.475 e. The molecule has 7 heteroatoms. The van der Waals surface area contributed by atoms with Crippen molar-refractivity contribution in [1.29, 1.82) is 0 Å². The standard InChI is InChI=1S/C17H15BrClN3O2/c1-2-11-9-24-17(21-11)13-8-10(18)5-6-14(13)22-16(23)12-4-3-7-20-15(12)19/h3-8,11H,2,9H2,1H3,(H,22,23)/t11-/m1/s1. The van der Waals surface area contributed by atoms with Crippen molar-refractivity contribution in [3.8, 4) is 0 Å². The zero-order valence-electron chi connectivity index (χ0n) is 12.9.